The molecular formula is C32H25N3O5S2. The Balaban J connectivity index is 1.22. The van der Waals surface area contributed by atoms with Crippen LogP contribution >= 0.6 is 11.3 Å². The number of benzene rings is 4. The highest BCUT2D eigenvalue weighted by Gasteiger charge is 2.34. The third kappa shape index (κ3) is 5.67. The average Bonchev–Trinajstić information content (AvgIpc) is 3.72. The molecule has 6 rings (SSSR count). The Hall–Kier alpha value is -4.80. The van der Waals surface area contributed by atoms with E-state index in [-0.39, 0.29) is 21.5 Å². The molecule has 210 valence electrons. The van der Waals surface area contributed by atoms with E-state index in [1.807, 2.05) is 66.7 Å². The lowest BCUT2D eigenvalue weighted by atomic mass is 9.97. The first-order valence-electron chi connectivity index (χ1n) is 13.2. The van der Waals surface area contributed by atoms with E-state index in [1.54, 1.807) is 23.6 Å². The number of carbonyl (C=O) groups is 2. The van der Waals surface area contributed by atoms with Gasteiger partial charge in [0.1, 0.15) is 4.21 Å². The molecule has 10 heteroatoms. The van der Waals surface area contributed by atoms with Gasteiger partial charge in [-0.3, -0.25) is 9.52 Å². The monoisotopic (exact) mass is 595 g/mol. The third-order valence-electron chi connectivity index (χ3n) is 6.91. The zero-order chi connectivity index (χ0) is 29.1. The molecule has 0 saturated heterocycles. The number of esters is 1. The van der Waals surface area contributed by atoms with Gasteiger partial charge in [0.05, 0.1) is 23.0 Å². The summed E-state index contributed by atoms with van der Waals surface area (Å²) in [6, 6.07) is 32.5. The second-order valence-corrected chi connectivity index (χ2v) is 12.5. The Bertz CT molecular complexity index is 1910. The SMILES string of the molecule is O=C(OCC(=O)N1N=C(c2ccc3ccccc3c2)C[C@@H]1c1ccccc1)c1ccccc1NS(=O)(=O)c1cccs1. The van der Waals surface area contributed by atoms with Crippen molar-refractivity contribution in [2.24, 2.45) is 5.10 Å². The van der Waals surface area contributed by atoms with Gasteiger partial charge < -0.3 is 4.74 Å². The van der Waals surface area contributed by atoms with E-state index in [2.05, 4.69) is 15.9 Å². The van der Waals surface area contributed by atoms with Gasteiger partial charge in [0.2, 0.25) is 0 Å². The van der Waals surface area contributed by atoms with Crippen molar-refractivity contribution in [1.29, 1.82) is 0 Å². The van der Waals surface area contributed by atoms with Crippen molar-refractivity contribution in [2.75, 3.05) is 11.3 Å². The van der Waals surface area contributed by atoms with Crippen LogP contribution in [0.4, 0.5) is 5.69 Å². The summed E-state index contributed by atoms with van der Waals surface area (Å²) in [7, 11) is -3.89. The molecule has 0 bridgehead atoms. The number of hydrogen-bond donors (Lipinski definition) is 1. The molecule has 2 heterocycles. The van der Waals surface area contributed by atoms with E-state index in [0.29, 0.717) is 6.42 Å². The Morgan fingerprint density at radius 3 is 2.40 bits per heavy atom. The summed E-state index contributed by atoms with van der Waals surface area (Å²) < 4.78 is 33.4. The van der Waals surface area contributed by atoms with E-state index < -0.39 is 28.5 Å². The number of anilines is 1. The fraction of sp³-hybridized carbons (Fsp3) is 0.0938. The minimum absolute atomic E-state index is 0.00758. The molecule has 0 fully saturated rings. The molecule has 1 aliphatic heterocycles. The van der Waals surface area contributed by atoms with Gasteiger partial charge in [-0.05, 0) is 51.5 Å². The number of fused-ring (bicyclic) bond motifs is 1. The summed E-state index contributed by atoms with van der Waals surface area (Å²) in [6.45, 7) is -0.567. The molecule has 42 heavy (non-hydrogen) atoms. The highest BCUT2D eigenvalue weighted by molar-refractivity contribution is 7.94. The minimum atomic E-state index is -3.89. The van der Waals surface area contributed by atoms with Crippen LogP contribution in [0.5, 0.6) is 0 Å². The van der Waals surface area contributed by atoms with E-state index in [0.717, 1.165) is 38.9 Å². The van der Waals surface area contributed by atoms with Gasteiger partial charge in [-0.2, -0.15) is 5.10 Å². The first kappa shape index (κ1) is 27.4. The number of thiophene rings is 1. The number of nitrogens with one attached hydrogen (secondary N) is 1. The molecule has 1 aromatic heterocycles. The van der Waals surface area contributed by atoms with Crippen LogP contribution in [-0.4, -0.2) is 37.6 Å². The molecule has 5 aromatic rings. The lowest BCUT2D eigenvalue weighted by Crippen LogP contribution is -2.31. The first-order valence-corrected chi connectivity index (χ1v) is 15.5. The van der Waals surface area contributed by atoms with Crippen molar-refractivity contribution in [2.45, 2.75) is 16.7 Å². The number of para-hydroxylation sites is 1. The smallest absolute Gasteiger partial charge is 0.340 e. The largest absolute Gasteiger partial charge is 0.452 e. The van der Waals surface area contributed by atoms with Gasteiger partial charge in [-0.1, -0.05) is 84.9 Å². The summed E-state index contributed by atoms with van der Waals surface area (Å²) in [5.74, 6) is -1.33. The topological polar surface area (TPSA) is 105 Å². The molecule has 0 radical (unpaired) electrons. The lowest BCUT2D eigenvalue weighted by Gasteiger charge is -2.22. The molecule has 0 saturated carbocycles. The maximum absolute atomic E-state index is 13.5. The summed E-state index contributed by atoms with van der Waals surface area (Å²) >= 11 is 1.06. The normalized spacial score (nSPS) is 14.9. The van der Waals surface area contributed by atoms with Gasteiger partial charge >= 0.3 is 5.97 Å². The van der Waals surface area contributed by atoms with Crippen LogP contribution in [0.2, 0.25) is 0 Å². The quantitative estimate of drug-likeness (QED) is 0.214. The summed E-state index contributed by atoms with van der Waals surface area (Å²) in [5, 5.41) is 9.89. The van der Waals surface area contributed by atoms with Crippen molar-refractivity contribution in [3.63, 3.8) is 0 Å². The number of sulfonamides is 1. The van der Waals surface area contributed by atoms with Crippen molar-refractivity contribution in [3.05, 3.63) is 131 Å². The van der Waals surface area contributed by atoms with Crippen molar-refractivity contribution in [1.82, 2.24) is 5.01 Å². The second kappa shape index (κ2) is 11.6. The number of hydrogen-bond acceptors (Lipinski definition) is 7. The van der Waals surface area contributed by atoms with Gasteiger partial charge in [0.15, 0.2) is 6.61 Å². The summed E-state index contributed by atoms with van der Waals surface area (Å²) in [4.78, 5) is 26.5. The van der Waals surface area contributed by atoms with Crippen LogP contribution in [0.15, 0.2) is 124 Å². The Labute approximate surface area is 246 Å². The average molecular weight is 596 g/mol. The minimum Gasteiger partial charge on any atom is -0.452 e. The molecule has 1 atom stereocenters. The summed E-state index contributed by atoms with van der Waals surface area (Å²) in [5.41, 5.74) is 2.62. The number of rotatable bonds is 8. The van der Waals surface area contributed by atoms with Crippen LogP contribution in [0, 0.1) is 0 Å². The summed E-state index contributed by atoms with van der Waals surface area (Å²) in [6.07, 6.45) is 0.495. The molecule has 0 spiro atoms. The fourth-order valence-electron chi connectivity index (χ4n) is 4.85. The van der Waals surface area contributed by atoms with Crippen molar-refractivity contribution >= 4 is 55.4 Å². The Morgan fingerprint density at radius 1 is 0.881 bits per heavy atom. The highest BCUT2D eigenvalue weighted by atomic mass is 32.2. The second-order valence-electron chi connectivity index (χ2n) is 9.64. The maximum atomic E-state index is 13.5. The number of amides is 1. The zero-order valence-corrected chi connectivity index (χ0v) is 23.8. The lowest BCUT2D eigenvalue weighted by molar-refractivity contribution is -0.136. The van der Waals surface area contributed by atoms with Crippen molar-refractivity contribution < 1.29 is 22.7 Å². The van der Waals surface area contributed by atoms with Crippen LogP contribution in [-0.2, 0) is 19.6 Å². The van der Waals surface area contributed by atoms with E-state index in [1.165, 1.54) is 23.2 Å². The fourth-order valence-corrected chi connectivity index (χ4v) is 6.92. The molecule has 0 unspecified atom stereocenters. The standard InChI is InChI=1S/C32H25N3O5S2/c36-30(21-40-32(37)26-13-6-7-14-27(26)34-42(38,39)31-15-8-18-41-31)35-29(23-10-2-1-3-11-23)20-28(33-35)25-17-16-22-9-4-5-12-24(22)19-25/h1-19,29,34H,20-21H2/t29-/m1/s1. The molecule has 0 aliphatic carbocycles. The van der Waals surface area contributed by atoms with Crippen LogP contribution in [0.25, 0.3) is 10.8 Å². The first-order chi connectivity index (χ1) is 20.4. The van der Waals surface area contributed by atoms with Gasteiger partial charge in [-0.25, -0.2) is 18.2 Å². The van der Waals surface area contributed by atoms with Crippen LogP contribution < -0.4 is 4.72 Å². The maximum Gasteiger partial charge on any atom is 0.340 e. The van der Waals surface area contributed by atoms with Gasteiger partial charge in [-0.15, -0.1) is 11.3 Å². The van der Waals surface area contributed by atoms with E-state index >= 15 is 0 Å². The molecule has 4 aromatic carbocycles. The molecule has 8 nitrogen and oxygen atoms in total. The van der Waals surface area contributed by atoms with Crippen LogP contribution in [0.3, 0.4) is 0 Å². The molecule has 1 N–H and O–H groups in total. The third-order valence-corrected chi connectivity index (χ3v) is 9.67. The number of ether oxygens (including phenoxy) is 1. The van der Waals surface area contributed by atoms with Gasteiger partial charge in [0.25, 0.3) is 15.9 Å². The Morgan fingerprint density at radius 2 is 1.62 bits per heavy atom. The molecule has 1 amide bonds. The van der Waals surface area contributed by atoms with Crippen LogP contribution in [0.1, 0.15) is 33.9 Å². The predicted octanol–water partition coefficient (Wildman–Crippen LogP) is 6.24. The highest BCUT2D eigenvalue weighted by Crippen LogP contribution is 2.33. The Kier molecular flexibility index (Phi) is 7.56. The van der Waals surface area contributed by atoms with Gasteiger partial charge in [0, 0.05) is 6.42 Å². The van der Waals surface area contributed by atoms with E-state index in [9.17, 15) is 18.0 Å². The molecule has 1 aliphatic rings. The number of hydrazone groups is 1. The molecular weight excluding hydrogens is 571 g/mol. The van der Waals surface area contributed by atoms with E-state index in [4.69, 9.17) is 4.74 Å². The number of carbonyl (C=O) groups excluding carboxylic acids is 2. The number of nitrogens with zero attached hydrogens (tertiary/aromatic N) is 2. The predicted molar refractivity (Wildman–Crippen MR) is 163 cm³/mol. The van der Waals surface area contributed by atoms with Crippen molar-refractivity contribution in [3.8, 4) is 0 Å². The zero-order valence-electron chi connectivity index (χ0n) is 22.2.